The third-order valence-electron chi connectivity index (χ3n) is 14.0. The highest BCUT2D eigenvalue weighted by Crippen LogP contribution is 2.16. The highest BCUT2D eigenvalue weighted by molar-refractivity contribution is 5.71. The molecule has 0 rings (SSSR count). The Bertz CT molecular complexity index is 1840. The topological polar surface area (TPSA) is 78.9 Å². The summed E-state index contributed by atoms with van der Waals surface area (Å²) in [5.41, 5.74) is 0. The van der Waals surface area contributed by atoms with E-state index in [9.17, 15) is 14.4 Å². The van der Waals surface area contributed by atoms with Gasteiger partial charge in [0.2, 0.25) is 0 Å². The second-order valence-electron chi connectivity index (χ2n) is 22.0. The Morgan fingerprint density at radius 1 is 0.253 bits per heavy atom. The van der Waals surface area contributed by atoms with Gasteiger partial charge in [-0.1, -0.05) is 301 Å². The molecule has 0 N–H and O–H groups in total. The largest absolute Gasteiger partial charge is 0.462 e. The fourth-order valence-corrected chi connectivity index (χ4v) is 9.01. The fraction of sp³-hybridized carbons (Fsp3) is 0.623. The lowest BCUT2D eigenvalue weighted by Crippen LogP contribution is -2.30. The predicted molar refractivity (Wildman–Crippen MR) is 362 cm³/mol. The van der Waals surface area contributed by atoms with Gasteiger partial charge in [0.05, 0.1) is 0 Å². The van der Waals surface area contributed by atoms with E-state index >= 15 is 0 Å². The molecule has 0 saturated heterocycles. The van der Waals surface area contributed by atoms with Gasteiger partial charge in [-0.25, -0.2) is 0 Å². The molecule has 0 aliphatic rings. The van der Waals surface area contributed by atoms with Crippen LogP contribution in [-0.2, 0) is 28.6 Å². The van der Waals surface area contributed by atoms with Gasteiger partial charge in [0.25, 0.3) is 0 Å². The zero-order valence-electron chi connectivity index (χ0n) is 53.7. The number of ether oxygens (including phenoxy) is 3. The summed E-state index contributed by atoms with van der Waals surface area (Å²) in [4.78, 5) is 38.3. The molecule has 468 valence electrons. The number of unbranched alkanes of at least 4 members (excludes halogenated alkanes) is 23. The smallest absolute Gasteiger partial charge is 0.306 e. The van der Waals surface area contributed by atoms with Gasteiger partial charge in [-0.15, -0.1) is 0 Å². The third-order valence-corrected chi connectivity index (χ3v) is 14.0. The van der Waals surface area contributed by atoms with E-state index in [2.05, 4.69) is 179 Å². The summed E-state index contributed by atoms with van der Waals surface area (Å²) in [6.45, 7) is 6.37. The molecular formula is C77H124O6. The average Bonchev–Trinajstić information content (AvgIpc) is 3.48. The van der Waals surface area contributed by atoms with Crippen LogP contribution in [0.3, 0.4) is 0 Å². The van der Waals surface area contributed by atoms with Gasteiger partial charge in [0, 0.05) is 19.3 Å². The Labute approximate surface area is 511 Å². The Morgan fingerprint density at radius 3 is 0.759 bits per heavy atom. The molecular weight excluding hydrogens is 1020 g/mol. The van der Waals surface area contributed by atoms with Crippen molar-refractivity contribution in [2.45, 2.75) is 297 Å². The minimum Gasteiger partial charge on any atom is -0.462 e. The zero-order chi connectivity index (χ0) is 59.9. The first-order valence-corrected chi connectivity index (χ1v) is 34.0. The quantitative estimate of drug-likeness (QED) is 0.0261. The van der Waals surface area contributed by atoms with Gasteiger partial charge < -0.3 is 14.2 Å². The monoisotopic (exact) mass is 1140 g/mol. The fourth-order valence-electron chi connectivity index (χ4n) is 9.01. The minimum atomic E-state index is -0.804. The Morgan fingerprint density at radius 2 is 0.470 bits per heavy atom. The second kappa shape index (κ2) is 69.5. The van der Waals surface area contributed by atoms with Crippen molar-refractivity contribution in [3.05, 3.63) is 158 Å². The molecule has 0 aliphatic heterocycles. The van der Waals surface area contributed by atoms with Gasteiger partial charge in [-0.2, -0.15) is 0 Å². The number of allylic oxidation sites excluding steroid dienone is 26. The van der Waals surface area contributed by atoms with E-state index in [1.807, 2.05) is 0 Å². The lowest BCUT2D eigenvalue weighted by Gasteiger charge is -2.18. The van der Waals surface area contributed by atoms with Crippen molar-refractivity contribution in [2.24, 2.45) is 0 Å². The Kier molecular flexibility index (Phi) is 65.4. The van der Waals surface area contributed by atoms with E-state index in [0.29, 0.717) is 25.7 Å². The van der Waals surface area contributed by atoms with E-state index in [-0.39, 0.29) is 31.1 Å². The van der Waals surface area contributed by atoms with Gasteiger partial charge >= 0.3 is 17.9 Å². The van der Waals surface area contributed by atoms with Crippen LogP contribution in [-0.4, -0.2) is 37.2 Å². The number of rotatable bonds is 60. The SMILES string of the molecule is CC/C=C\C/C=C\C/C=C\C/C=C\C/C=C\C/C=C\C/C=C\C/C=C\CCCCC(=O)OCC(COC(=O)CCCCCCCCCCCCC)OC(=O)CCCCCCCCCCCCC/C=C\C/C=C\C/C=C\C/C=C\C/C=C\CC. The number of carbonyl (C=O) groups is 3. The molecule has 6 nitrogen and oxygen atoms in total. The number of esters is 3. The van der Waals surface area contributed by atoms with Crippen molar-refractivity contribution in [1.82, 2.24) is 0 Å². The maximum atomic E-state index is 12.9. The van der Waals surface area contributed by atoms with Crippen molar-refractivity contribution in [3.8, 4) is 0 Å². The van der Waals surface area contributed by atoms with Crippen LogP contribution in [0.25, 0.3) is 0 Å². The highest BCUT2D eigenvalue weighted by atomic mass is 16.6. The first kappa shape index (κ1) is 78.0. The lowest BCUT2D eigenvalue weighted by atomic mass is 10.0. The average molecular weight is 1150 g/mol. The molecule has 0 radical (unpaired) electrons. The maximum absolute atomic E-state index is 12.9. The van der Waals surface area contributed by atoms with E-state index in [0.717, 1.165) is 135 Å². The minimum absolute atomic E-state index is 0.0964. The van der Waals surface area contributed by atoms with Crippen molar-refractivity contribution in [3.63, 3.8) is 0 Å². The molecule has 1 unspecified atom stereocenters. The van der Waals surface area contributed by atoms with E-state index in [1.54, 1.807) is 0 Å². The molecule has 1 atom stereocenters. The Balaban J connectivity index is 4.38. The third kappa shape index (κ3) is 67.7. The molecule has 0 aromatic rings. The van der Waals surface area contributed by atoms with E-state index in [4.69, 9.17) is 14.2 Å². The van der Waals surface area contributed by atoms with Crippen LogP contribution < -0.4 is 0 Å². The Hall–Kier alpha value is -4.97. The first-order valence-electron chi connectivity index (χ1n) is 34.0. The van der Waals surface area contributed by atoms with Crippen LogP contribution in [0.15, 0.2) is 158 Å². The van der Waals surface area contributed by atoms with Crippen LogP contribution in [0.5, 0.6) is 0 Å². The van der Waals surface area contributed by atoms with Crippen LogP contribution >= 0.6 is 0 Å². The standard InChI is InChI=1S/C77H124O6/c1-4-7-10-13-16-19-22-24-26-28-30-32-34-36-38-40-42-44-46-48-50-52-55-58-61-64-67-70-76(79)82-73-74(72-81-75(78)69-66-63-60-57-54-21-18-15-12-9-6-3)83-77(80)71-68-65-62-59-56-53-51-49-47-45-43-41-39-37-35-33-31-29-27-25-23-20-17-14-11-8-5-2/h7-8,10-11,16-17,19-20,24-27,30-33,36-39,42,44,48,50,55,58,74H,4-6,9,12-15,18,21-23,28-29,34-35,40-41,43,45-47,49,51-54,56-57,59-73H2,1-3H3/b10-7-,11-8-,19-16-,20-17-,26-24-,27-25-,32-30-,33-31-,38-36-,39-37-,44-42-,50-48-,58-55-. The normalized spacial score (nSPS) is 13.1. The zero-order valence-corrected chi connectivity index (χ0v) is 53.7. The first-order chi connectivity index (χ1) is 41.0. The lowest BCUT2D eigenvalue weighted by molar-refractivity contribution is -0.167. The van der Waals surface area contributed by atoms with Gasteiger partial charge in [-0.3, -0.25) is 14.4 Å². The molecule has 0 saturated carbocycles. The molecule has 0 bridgehead atoms. The van der Waals surface area contributed by atoms with Crippen LogP contribution in [0.2, 0.25) is 0 Å². The van der Waals surface area contributed by atoms with Crippen molar-refractivity contribution >= 4 is 17.9 Å². The number of hydrogen-bond donors (Lipinski definition) is 0. The summed E-state index contributed by atoms with van der Waals surface area (Å²) in [6.07, 6.45) is 101. The van der Waals surface area contributed by atoms with Gasteiger partial charge in [-0.05, 0) is 128 Å². The molecule has 6 heteroatoms. The summed E-state index contributed by atoms with van der Waals surface area (Å²) in [6, 6.07) is 0. The molecule has 0 spiro atoms. The molecule has 0 aromatic carbocycles. The second-order valence-corrected chi connectivity index (χ2v) is 22.0. The summed E-state index contributed by atoms with van der Waals surface area (Å²) in [7, 11) is 0. The van der Waals surface area contributed by atoms with E-state index < -0.39 is 6.10 Å². The molecule has 0 fully saturated rings. The van der Waals surface area contributed by atoms with Crippen LogP contribution in [0, 0.1) is 0 Å². The molecule has 83 heavy (non-hydrogen) atoms. The van der Waals surface area contributed by atoms with Gasteiger partial charge in [0.1, 0.15) is 13.2 Å². The van der Waals surface area contributed by atoms with Crippen LogP contribution in [0.1, 0.15) is 290 Å². The van der Waals surface area contributed by atoms with Gasteiger partial charge in [0.15, 0.2) is 6.10 Å². The van der Waals surface area contributed by atoms with Crippen LogP contribution in [0.4, 0.5) is 0 Å². The van der Waals surface area contributed by atoms with Crippen molar-refractivity contribution in [2.75, 3.05) is 13.2 Å². The summed E-state index contributed by atoms with van der Waals surface area (Å²) >= 11 is 0. The highest BCUT2D eigenvalue weighted by Gasteiger charge is 2.19. The summed E-state index contributed by atoms with van der Waals surface area (Å²) < 4.78 is 16.9. The predicted octanol–water partition coefficient (Wildman–Crippen LogP) is 23.7. The summed E-state index contributed by atoms with van der Waals surface area (Å²) in [5.74, 6) is -0.944. The number of carbonyl (C=O) groups excluding carboxylic acids is 3. The molecule has 0 aromatic heterocycles. The molecule has 0 amide bonds. The van der Waals surface area contributed by atoms with Crippen molar-refractivity contribution in [1.29, 1.82) is 0 Å². The molecule has 0 heterocycles. The molecule has 0 aliphatic carbocycles. The van der Waals surface area contributed by atoms with E-state index in [1.165, 1.54) is 109 Å². The maximum Gasteiger partial charge on any atom is 0.306 e. The number of hydrogen-bond acceptors (Lipinski definition) is 6. The summed E-state index contributed by atoms with van der Waals surface area (Å²) in [5, 5.41) is 0. The van der Waals surface area contributed by atoms with Crippen molar-refractivity contribution < 1.29 is 28.6 Å².